The Balaban J connectivity index is 2.37. The van der Waals surface area contributed by atoms with Crippen LogP contribution < -0.4 is 15.5 Å². The van der Waals surface area contributed by atoms with E-state index in [2.05, 4.69) is 10.6 Å². The van der Waals surface area contributed by atoms with Gasteiger partial charge in [-0.1, -0.05) is 17.2 Å². The van der Waals surface area contributed by atoms with Crippen LogP contribution in [-0.4, -0.2) is 35.1 Å². The number of hydrogen-bond acceptors (Lipinski definition) is 5. The van der Waals surface area contributed by atoms with Gasteiger partial charge in [-0.25, -0.2) is 9.29 Å². The van der Waals surface area contributed by atoms with E-state index in [9.17, 15) is 23.9 Å². The second-order valence-corrected chi connectivity index (χ2v) is 6.93. The van der Waals surface area contributed by atoms with E-state index in [0.717, 1.165) is 11.0 Å². The molecule has 0 radical (unpaired) electrons. The number of aliphatic hydroxyl groups excluding tert-OH is 1. The van der Waals surface area contributed by atoms with E-state index in [-0.39, 0.29) is 22.8 Å². The van der Waals surface area contributed by atoms with Gasteiger partial charge in [0.05, 0.1) is 22.8 Å². The topological polar surface area (TPSA) is 98.7 Å². The summed E-state index contributed by atoms with van der Waals surface area (Å²) in [6.45, 7) is 6.32. The highest BCUT2D eigenvalue weighted by Gasteiger charge is 2.37. The van der Waals surface area contributed by atoms with Crippen molar-refractivity contribution in [2.75, 3.05) is 10.2 Å². The maximum atomic E-state index is 14.4. The number of carbonyl (C=O) groups is 3. The maximum Gasteiger partial charge on any atom is 0.261 e. The third kappa shape index (κ3) is 4.45. The number of rotatable bonds is 5. The predicted octanol–water partition coefficient (Wildman–Crippen LogP) is 2.33. The summed E-state index contributed by atoms with van der Waals surface area (Å²) in [6, 6.07) is 1.38. The zero-order valence-electron chi connectivity index (χ0n) is 15.4. The average Bonchev–Trinajstić information content (AvgIpc) is 2.84. The first-order valence-corrected chi connectivity index (χ1v) is 8.68. The van der Waals surface area contributed by atoms with Crippen molar-refractivity contribution in [2.24, 2.45) is 0 Å². The van der Waals surface area contributed by atoms with Crippen molar-refractivity contribution in [1.82, 2.24) is 5.32 Å². The zero-order chi connectivity index (χ0) is 20.5. The van der Waals surface area contributed by atoms with Crippen LogP contribution in [0.3, 0.4) is 0 Å². The Kier molecular flexibility index (Phi) is 6.22. The molecule has 1 saturated heterocycles. The number of aliphatic hydroxyl groups is 1. The van der Waals surface area contributed by atoms with Crippen LogP contribution in [0.2, 0.25) is 5.02 Å². The van der Waals surface area contributed by atoms with E-state index in [4.69, 9.17) is 11.6 Å². The minimum atomic E-state index is -1.04. The number of carbonyl (C=O) groups excluding carboxylic acids is 3. The third-order valence-corrected chi connectivity index (χ3v) is 4.35. The largest absolute Gasteiger partial charge is 0.374 e. The number of benzene rings is 1. The molecule has 27 heavy (non-hydrogen) atoms. The molecule has 1 fully saturated rings. The van der Waals surface area contributed by atoms with E-state index < -0.39 is 35.8 Å². The summed E-state index contributed by atoms with van der Waals surface area (Å²) in [5, 5.41) is 14.3. The molecule has 1 heterocycles. The summed E-state index contributed by atoms with van der Waals surface area (Å²) in [6.07, 6.45) is -1.14. The smallest absolute Gasteiger partial charge is 0.261 e. The monoisotopic (exact) mass is 397 g/mol. The molecule has 0 bridgehead atoms. The number of imide groups is 1. The third-order valence-electron chi connectivity index (χ3n) is 4.04. The van der Waals surface area contributed by atoms with Gasteiger partial charge in [0.25, 0.3) is 5.91 Å². The molecule has 0 saturated carbocycles. The molecule has 2 rings (SSSR count). The lowest BCUT2D eigenvalue weighted by molar-refractivity contribution is -0.124. The Morgan fingerprint density at radius 1 is 1.30 bits per heavy atom. The van der Waals surface area contributed by atoms with Crippen LogP contribution in [-0.2, 0) is 14.4 Å². The predicted molar refractivity (Wildman–Crippen MR) is 99.8 cm³/mol. The first-order chi connectivity index (χ1) is 12.5. The first kappa shape index (κ1) is 20.9. The summed E-state index contributed by atoms with van der Waals surface area (Å²) < 4.78 is 14.4. The van der Waals surface area contributed by atoms with Crippen molar-refractivity contribution in [3.8, 4) is 0 Å². The number of hydrogen-bond donors (Lipinski definition) is 3. The molecule has 1 aliphatic heterocycles. The summed E-state index contributed by atoms with van der Waals surface area (Å²) in [7, 11) is 0. The minimum absolute atomic E-state index is 0.0190. The maximum absolute atomic E-state index is 14.4. The molecular formula is C18H21ClFN3O4. The van der Waals surface area contributed by atoms with Crippen LogP contribution in [0.5, 0.6) is 0 Å². The highest BCUT2D eigenvalue weighted by molar-refractivity contribution is 6.34. The molecule has 7 nitrogen and oxygen atoms in total. The van der Waals surface area contributed by atoms with Crippen molar-refractivity contribution in [3.63, 3.8) is 0 Å². The van der Waals surface area contributed by atoms with E-state index in [1.807, 2.05) is 0 Å². The van der Waals surface area contributed by atoms with Gasteiger partial charge in [-0.2, -0.15) is 0 Å². The zero-order valence-corrected chi connectivity index (χ0v) is 16.1. The molecule has 3 N–H and O–H groups in total. The Bertz CT molecular complexity index is 834. The highest BCUT2D eigenvalue weighted by atomic mass is 35.5. The molecule has 2 unspecified atom stereocenters. The Hall–Kier alpha value is -2.45. The van der Waals surface area contributed by atoms with Gasteiger partial charge >= 0.3 is 0 Å². The van der Waals surface area contributed by atoms with Crippen molar-refractivity contribution < 1.29 is 23.9 Å². The molecule has 0 spiro atoms. The quantitative estimate of drug-likeness (QED) is 0.402. The molecule has 146 valence electrons. The van der Waals surface area contributed by atoms with Crippen molar-refractivity contribution in [3.05, 3.63) is 34.1 Å². The van der Waals surface area contributed by atoms with Gasteiger partial charge in [0, 0.05) is 5.57 Å². The van der Waals surface area contributed by atoms with E-state index in [1.165, 1.54) is 19.9 Å². The van der Waals surface area contributed by atoms with Crippen LogP contribution in [0, 0.1) is 5.82 Å². The number of nitrogens with zero attached hydrogens (tertiary/aromatic N) is 1. The van der Waals surface area contributed by atoms with Gasteiger partial charge < -0.3 is 15.7 Å². The number of anilines is 2. The summed E-state index contributed by atoms with van der Waals surface area (Å²) in [4.78, 5) is 37.5. The molecule has 1 aromatic carbocycles. The highest BCUT2D eigenvalue weighted by Crippen LogP contribution is 2.35. The van der Waals surface area contributed by atoms with E-state index >= 15 is 0 Å². The van der Waals surface area contributed by atoms with Crippen molar-refractivity contribution >= 4 is 40.7 Å². The van der Waals surface area contributed by atoms with Gasteiger partial charge in [0.2, 0.25) is 11.8 Å². The summed E-state index contributed by atoms with van der Waals surface area (Å²) >= 11 is 6.03. The van der Waals surface area contributed by atoms with Crippen LogP contribution >= 0.6 is 11.6 Å². The van der Waals surface area contributed by atoms with Gasteiger partial charge in [-0.15, -0.1) is 0 Å². The molecule has 1 aliphatic rings. The molecular weight excluding hydrogens is 377 g/mol. The second kappa shape index (κ2) is 8.06. The van der Waals surface area contributed by atoms with Crippen LogP contribution in [0.15, 0.2) is 23.3 Å². The molecule has 9 heteroatoms. The van der Waals surface area contributed by atoms with Crippen molar-refractivity contribution in [2.45, 2.75) is 46.4 Å². The van der Waals surface area contributed by atoms with Gasteiger partial charge in [-0.3, -0.25) is 14.4 Å². The number of halogens is 2. The summed E-state index contributed by atoms with van der Waals surface area (Å²) in [5.41, 5.74) is 0.948. The lowest BCUT2D eigenvalue weighted by atomic mass is 10.1. The number of amides is 3. The van der Waals surface area contributed by atoms with E-state index in [1.54, 1.807) is 13.8 Å². The molecule has 3 amide bonds. The van der Waals surface area contributed by atoms with Crippen LogP contribution in [0.25, 0.3) is 0 Å². The average molecular weight is 398 g/mol. The first-order valence-electron chi connectivity index (χ1n) is 8.30. The lowest BCUT2D eigenvalue weighted by Gasteiger charge is -2.20. The van der Waals surface area contributed by atoms with Gasteiger partial charge in [0.15, 0.2) is 0 Å². The Morgan fingerprint density at radius 3 is 2.44 bits per heavy atom. The Labute approximate surface area is 161 Å². The molecule has 0 aliphatic carbocycles. The van der Waals surface area contributed by atoms with Crippen molar-refractivity contribution in [1.29, 1.82) is 0 Å². The molecule has 0 aromatic heterocycles. The number of allylic oxidation sites excluding steroid dienone is 1. The SMILES string of the molecule is CC(C)=C1CC(=O)N(c2cc(NC(C)C(=O)NC(C)O)c(Cl)cc2F)C1=O. The number of nitrogens with one attached hydrogen (secondary N) is 2. The van der Waals surface area contributed by atoms with Gasteiger partial charge in [0.1, 0.15) is 18.1 Å². The molecule has 2 atom stereocenters. The fourth-order valence-electron chi connectivity index (χ4n) is 2.64. The fourth-order valence-corrected chi connectivity index (χ4v) is 2.84. The summed E-state index contributed by atoms with van der Waals surface area (Å²) in [5.74, 6) is -2.45. The molecule has 1 aromatic rings. The standard InChI is InChI=1S/C18H21ClFN3O4/c1-8(2)11-5-16(25)23(18(11)27)15-7-14(12(19)6-13(15)20)21-9(3)17(26)22-10(4)24/h6-7,9-10,21,24H,5H2,1-4H3,(H,22,26). The second-order valence-electron chi connectivity index (χ2n) is 6.52. The minimum Gasteiger partial charge on any atom is -0.374 e. The lowest BCUT2D eigenvalue weighted by Crippen LogP contribution is -2.42. The van der Waals surface area contributed by atoms with Gasteiger partial charge in [-0.05, 0) is 39.8 Å². The van der Waals surface area contributed by atoms with E-state index in [0.29, 0.717) is 11.1 Å². The van der Waals surface area contributed by atoms with Crippen LogP contribution in [0.1, 0.15) is 34.1 Å². The fraction of sp³-hybridized carbons (Fsp3) is 0.389. The Morgan fingerprint density at radius 2 is 1.93 bits per heavy atom. The normalized spacial score (nSPS) is 16.4. The van der Waals surface area contributed by atoms with Crippen LogP contribution in [0.4, 0.5) is 15.8 Å².